The van der Waals surface area contributed by atoms with Crippen molar-refractivity contribution in [3.05, 3.63) is 35.4 Å². The van der Waals surface area contributed by atoms with Gasteiger partial charge in [0.1, 0.15) is 0 Å². The zero-order valence-corrected chi connectivity index (χ0v) is 14.0. The number of carbonyl (C=O) groups is 1. The predicted octanol–water partition coefficient (Wildman–Crippen LogP) is 1.13. The quantitative estimate of drug-likeness (QED) is 0.833. The second kappa shape index (κ2) is 6.59. The van der Waals surface area contributed by atoms with E-state index in [1.54, 1.807) is 28.6 Å². The van der Waals surface area contributed by atoms with Crippen molar-refractivity contribution in [2.45, 2.75) is 37.1 Å². The number of nitrogens with one attached hydrogen (secondary N) is 1. The van der Waals surface area contributed by atoms with Crippen molar-refractivity contribution in [2.75, 3.05) is 20.2 Å². The average Bonchev–Trinajstić information content (AvgIpc) is 2.80. The third kappa shape index (κ3) is 3.27. The summed E-state index contributed by atoms with van der Waals surface area (Å²) in [5.74, 6) is -0.665. The van der Waals surface area contributed by atoms with Crippen molar-refractivity contribution < 1.29 is 17.9 Å². The second-order valence-corrected chi connectivity index (χ2v) is 7.99. The molecule has 2 atom stereocenters. The Morgan fingerprint density at radius 2 is 2.00 bits per heavy atom. The van der Waals surface area contributed by atoms with E-state index >= 15 is 0 Å². The Morgan fingerprint density at radius 3 is 2.78 bits per heavy atom. The van der Waals surface area contributed by atoms with Gasteiger partial charge < -0.3 is 10.1 Å². The maximum Gasteiger partial charge on any atom is 0.338 e. The molecule has 2 fully saturated rings. The number of rotatable bonds is 4. The molecule has 0 spiro atoms. The molecule has 0 aromatic heterocycles. The van der Waals surface area contributed by atoms with Crippen LogP contribution in [0.15, 0.2) is 24.3 Å². The Hall–Kier alpha value is -1.44. The van der Waals surface area contributed by atoms with Gasteiger partial charge in [0.15, 0.2) is 0 Å². The number of sulfonamides is 1. The van der Waals surface area contributed by atoms with Gasteiger partial charge in [-0.05, 0) is 37.4 Å². The molecular formula is C16H22N2O4S. The van der Waals surface area contributed by atoms with E-state index < -0.39 is 16.0 Å². The summed E-state index contributed by atoms with van der Waals surface area (Å²) in [5.41, 5.74) is 0.815. The zero-order chi connectivity index (χ0) is 16.4. The monoisotopic (exact) mass is 338 g/mol. The van der Waals surface area contributed by atoms with Gasteiger partial charge in [-0.2, -0.15) is 4.31 Å². The number of benzene rings is 1. The van der Waals surface area contributed by atoms with E-state index in [4.69, 9.17) is 4.74 Å². The van der Waals surface area contributed by atoms with Gasteiger partial charge >= 0.3 is 5.97 Å². The van der Waals surface area contributed by atoms with Gasteiger partial charge in [0, 0.05) is 18.6 Å². The van der Waals surface area contributed by atoms with Crippen LogP contribution in [0.4, 0.5) is 0 Å². The molecular weight excluding hydrogens is 316 g/mol. The van der Waals surface area contributed by atoms with E-state index in [1.165, 1.54) is 7.11 Å². The number of hydrogen-bond donors (Lipinski definition) is 1. The van der Waals surface area contributed by atoms with Crippen LogP contribution in [-0.2, 0) is 20.5 Å². The van der Waals surface area contributed by atoms with Crippen molar-refractivity contribution in [3.8, 4) is 0 Å². The van der Waals surface area contributed by atoms with Crippen molar-refractivity contribution >= 4 is 16.0 Å². The minimum Gasteiger partial charge on any atom is -0.465 e. The molecule has 7 heteroatoms. The Morgan fingerprint density at radius 1 is 1.26 bits per heavy atom. The molecule has 1 N–H and O–H groups in total. The maximum absolute atomic E-state index is 13.0. The second-order valence-electron chi connectivity index (χ2n) is 6.11. The number of methoxy groups -OCH3 is 1. The number of esters is 1. The topological polar surface area (TPSA) is 75.7 Å². The molecule has 1 aromatic carbocycles. The van der Waals surface area contributed by atoms with Crippen LogP contribution in [0.2, 0.25) is 0 Å². The summed E-state index contributed by atoms with van der Waals surface area (Å²) >= 11 is 0. The lowest BCUT2D eigenvalue weighted by Crippen LogP contribution is -2.43. The van der Waals surface area contributed by atoms with E-state index in [-0.39, 0.29) is 17.8 Å². The summed E-state index contributed by atoms with van der Waals surface area (Å²) < 4.78 is 32.4. The lowest BCUT2D eigenvalue weighted by molar-refractivity contribution is 0.0600. The SMILES string of the molecule is COC(=O)c1ccccc1CS(=O)(=O)N1C2CCNCC1CC2. The molecule has 2 aliphatic rings. The van der Waals surface area contributed by atoms with Crippen molar-refractivity contribution in [3.63, 3.8) is 0 Å². The summed E-state index contributed by atoms with van der Waals surface area (Å²) in [6.45, 7) is 1.56. The smallest absolute Gasteiger partial charge is 0.338 e. The van der Waals surface area contributed by atoms with Gasteiger partial charge in [0.2, 0.25) is 10.0 Å². The third-order valence-corrected chi connectivity index (χ3v) is 6.58. The maximum atomic E-state index is 13.0. The lowest BCUT2D eigenvalue weighted by atomic mass is 10.1. The van der Waals surface area contributed by atoms with Crippen LogP contribution < -0.4 is 5.32 Å². The summed E-state index contributed by atoms with van der Waals surface area (Å²) in [6, 6.07) is 6.84. The Balaban J connectivity index is 1.89. The lowest BCUT2D eigenvalue weighted by Gasteiger charge is -2.27. The molecule has 2 unspecified atom stereocenters. The highest BCUT2D eigenvalue weighted by Crippen LogP contribution is 2.32. The molecule has 0 amide bonds. The van der Waals surface area contributed by atoms with Gasteiger partial charge in [-0.3, -0.25) is 0 Å². The van der Waals surface area contributed by atoms with E-state index in [0.717, 1.165) is 25.8 Å². The van der Waals surface area contributed by atoms with Gasteiger partial charge in [-0.1, -0.05) is 18.2 Å². The summed E-state index contributed by atoms with van der Waals surface area (Å²) in [4.78, 5) is 11.9. The number of ether oxygens (including phenoxy) is 1. The fourth-order valence-corrected chi connectivity index (χ4v) is 5.71. The fraction of sp³-hybridized carbons (Fsp3) is 0.562. The number of fused-ring (bicyclic) bond motifs is 2. The highest BCUT2D eigenvalue weighted by Gasteiger charge is 2.42. The molecule has 0 radical (unpaired) electrons. The van der Waals surface area contributed by atoms with Crippen LogP contribution in [0.1, 0.15) is 35.2 Å². The number of carbonyl (C=O) groups excluding carboxylic acids is 1. The van der Waals surface area contributed by atoms with Crippen molar-refractivity contribution in [2.24, 2.45) is 0 Å². The van der Waals surface area contributed by atoms with Crippen LogP contribution in [0.5, 0.6) is 0 Å². The molecule has 0 aliphatic carbocycles. The minimum atomic E-state index is -3.47. The first-order valence-corrected chi connectivity index (χ1v) is 9.52. The molecule has 2 saturated heterocycles. The first kappa shape index (κ1) is 16.4. The van der Waals surface area contributed by atoms with Crippen molar-refractivity contribution in [1.82, 2.24) is 9.62 Å². The molecule has 2 heterocycles. The van der Waals surface area contributed by atoms with Gasteiger partial charge in [-0.25, -0.2) is 13.2 Å². The zero-order valence-electron chi connectivity index (χ0n) is 13.2. The highest BCUT2D eigenvalue weighted by molar-refractivity contribution is 7.88. The summed E-state index contributed by atoms with van der Waals surface area (Å²) in [6.07, 6.45) is 2.66. The predicted molar refractivity (Wildman–Crippen MR) is 86.5 cm³/mol. The summed E-state index contributed by atoms with van der Waals surface area (Å²) in [7, 11) is -2.17. The van der Waals surface area contributed by atoms with Crippen LogP contribution in [0, 0.1) is 0 Å². The van der Waals surface area contributed by atoms with Gasteiger partial charge in [-0.15, -0.1) is 0 Å². The Labute approximate surface area is 136 Å². The minimum absolute atomic E-state index is 0.0257. The van der Waals surface area contributed by atoms with Crippen LogP contribution in [0.3, 0.4) is 0 Å². The fourth-order valence-electron chi connectivity index (χ4n) is 3.62. The van der Waals surface area contributed by atoms with Crippen molar-refractivity contribution in [1.29, 1.82) is 0 Å². The molecule has 2 bridgehead atoms. The molecule has 23 heavy (non-hydrogen) atoms. The first-order valence-electron chi connectivity index (χ1n) is 7.91. The number of nitrogens with zero attached hydrogens (tertiary/aromatic N) is 1. The largest absolute Gasteiger partial charge is 0.465 e. The van der Waals surface area contributed by atoms with E-state index in [9.17, 15) is 13.2 Å². The van der Waals surface area contributed by atoms with E-state index in [0.29, 0.717) is 17.7 Å². The molecule has 126 valence electrons. The molecule has 1 aromatic rings. The highest BCUT2D eigenvalue weighted by atomic mass is 32.2. The molecule has 2 aliphatic heterocycles. The molecule has 0 saturated carbocycles. The van der Waals surface area contributed by atoms with Crippen LogP contribution >= 0.6 is 0 Å². The first-order chi connectivity index (χ1) is 11.0. The normalized spacial score (nSPS) is 25.1. The van der Waals surface area contributed by atoms with E-state index in [2.05, 4.69) is 5.32 Å². The van der Waals surface area contributed by atoms with Crippen LogP contribution in [-0.4, -0.2) is 51.0 Å². The van der Waals surface area contributed by atoms with Gasteiger partial charge in [0.25, 0.3) is 0 Å². The van der Waals surface area contributed by atoms with Crippen LogP contribution in [0.25, 0.3) is 0 Å². The summed E-state index contributed by atoms with van der Waals surface area (Å²) in [5, 5.41) is 3.30. The third-order valence-electron chi connectivity index (χ3n) is 4.67. The Kier molecular flexibility index (Phi) is 4.70. The number of hydrogen-bond acceptors (Lipinski definition) is 5. The standard InChI is InChI=1S/C16H22N2O4S/c1-22-16(19)15-5-3-2-4-12(15)11-23(20,21)18-13-6-7-14(18)10-17-9-8-13/h2-5,13-14,17H,6-11H2,1H3. The molecule has 3 rings (SSSR count). The molecule has 6 nitrogen and oxygen atoms in total. The van der Waals surface area contributed by atoms with Gasteiger partial charge in [0.05, 0.1) is 18.4 Å². The average molecular weight is 338 g/mol. The Bertz CT molecular complexity index is 675. The van der Waals surface area contributed by atoms with E-state index in [1.807, 2.05) is 0 Å².